The van der Waals surface area contributed by atoms with Gasteiger partial charge in [-0.1, -0.05) is 29.3 Å². The second kappa shape index (κ2) is 11.4. The molecule has 15 heteroatoms. The van der Waals surface area contributed by atoms with Gasteiger partial charge in [0.05, 0.1) is 21.2 Å². The molecule has 2 aromatic carbocycles. The van der Waals surface area contributed by atoms with Crippen LogP contribution in [0.1, 0.15) is 43.3 Å². The Morgan fingerprint density at radius 3 is 2.24 bits per heavy atom. The van der Waals surface area contributed by atoms with E-state index in [1.165, 1.54) is 18.5 Å². The number of rotatable bonds is 7. The van der Waals surface area contributed by atoms with Crippen LogP contribution in [0, 0.1) is 0 Å². The van der Waals surface area contributed by atoms with Crippen molar-refractivity contribution in [3.63, 3.8) is 0 Å². The lowest BCUT2D eigenvalue weighted by molar-refractivity contribution is -0.140. The fraction of sp³-hybridized carbons (Fsp3) is 0.130. The first-order valence-corrected chi connectivity index (χ1v) is 10.9. The highest BCUT2D eigenvalue weighted by Crippen LogP contribution is 2.41. The Labute approximate surface area is 219 Å². The number of carbonyl (C=O) groups is 2. The molecule has 0 radical (unpaired) electrons. The molecule has 200 valence electrons. The zero-order valence-corrected chi connectivity index (χ0v) is 20.0. The number of halogens is 9. The Balaban J connectivity index is 2.01. The standard InChI is InChI=1S/C23H13Cl2F7N4O2/c24-17-8-12(6-13(10-37)19(17)25)15(22(27,28)29)9-18(26)11-2-3-14(16(7-11)23(30,31)32)20(38)35-36-21-33-4-1-5-34-21/h1-10,15H,(H,35,38)(H,33,34,36)/b18-9-. The maximum atomic E-state index is 15.0. The maximum Gasteiger partial charge on any atom is 0.417 e. The van der Waals surface area contributed by atoms with E-state index in [0.29, 0.717) is 12.1 Å². The second-order valence-electron chi connectivity index (χ2n) is 7.47. The Morgan fingerprint density at radius 2 is 1.66 bits per heavy atom. The molecule has 3 rings (SSSR count). The highest BCUT2D eigenvalue weighted by atomic mass is 35.5. The molecule has 0 aliphatic carbocycles. The van der Waals surface area contributed by atoms with Crippen LogP contribution >= 0.6 is 23.2 Å². The molecule has 2 N–H and O–H groups in total. The summed E-state index contributed by atoms with van der Waals surface area (Å²) in [7, 11) is 0. The molecular weight excluding hydrogens is 568 g/mol. The van der Waals surface area contributed by atoms with Gasteiger partial charge in [-0.25, -0.2) is 14.4 Å². The number of benzene rings is 2. The number of nitrogens with one attached hydrogen (secondary N) is 2. The molecule has 1 heterocycles. The molecular formula is C23H13Cl2F7N4O2. The summed E-state index contributed by atoms with van der Waals surface area (Å²) in [5, 5.41) is -0.744. The third-order valence-electron chi connectivity index (χ3n) is 4.93. The van der Waals surface area contributed by atoms with Gasteiger partial charge in [0.25, 0.3) is 5.91 Å². The smallest absolute Gasteiger partial charge is 0.298 e. The molecule has 3 aromatic rings. The van der Waals surface area contributed by atoms with Crippen molar-refractivity contribution in [1.29, 1.82) is 0 Å². The lowest BCUT2D eigenvalue weighted by atomic mass is 9.94. The number of allylic oxidation sites excluding steroid dienone is 1. The van der Waals surface area contributed by atoms with Crippen molar-refractivity contribution in [2.75, 3.05) is 5.43 Å². The average Bonchev–Trinajstić information content (AvgIpc) is 2.86. The van der Waals surface area contributed by atoms with E-state index in [0.717, 1.165) is 12.1 Å². The normalized spacial score (nSPS) is 13.1. The molecule has 0 fully saturated rings. The van der Waals surface area contributed by atoms with E-state index in [4.69, 9.17) is 23.2 Å². The number of alkyl halides is 6. The molecule has 6 nitrogen and oxygen atoms in total. The van der Waals surface area contributed by atoms with Crippen LogP contribution in [0.25, 0.3) is 5.83 Å². The van der Waals surface area contributed by atoms with Crippen molar-refractivity contribution in [3.8, 4) is 0 Å². The molecule has 0 spiro atoms. The number of aromatic nitrogens is 2. The summed E-state index contributed by atoms with van der Waals surface area (Å²) in [5.74, 6) is -5.83. The van der Waals surface area contributed by atoms with Crippen molar-refractivity contribution in [2.24, 2.45) is 0 Å². The van der Waals surface area contributed by atoms with Crippen LogP contribution in [-0.4, -0.2) is 28.3 Å². The number of hydrogen-bond donors (Lipinski definition) is 2. The van der Waals surface area contributed by atoms with E-state index in [1.54, 1.807) is 0 Å². The minimum atomic E-state index is -5.18. The second-order valence-corrected chi connectivity index (χ2v) is 8.25. The first kappa shape index (κ1) is 28.9. The van der Waals surface area contributed by atoms with Crippen LogP contribution in [0.5, 0.6) is 0 Å². The van der Waals surface area contributed by atoms with Crippen molar-refractivity contribution < 1.29 is 40.3 Å². The number of nitrogens with zero attached hydrogens (tertiary/aromatic N) is 2. The number of anilines is 1. The third-order valence-corrected chi connectivity index (χ3v) is 5.75. The van der Waals surface area contributed by atoms with Gasteiger partial charge >= 0.3 is 12.4 Å². The van der Waals surface area contributed by atoms with E-state index in [2.05, 4.69) is 15.4 Å². The van der Waals surface area contributed by atoms with Gasteiger partial charge in [-0.3, -0.25) is 20.4 Å². The monoisotopic (exact) mass is 580 g/mol. The molecule has 38 heavy (non-hydrogen) atoms. The van der Waals surface area contributed by atoms with Gasteiger partial charge in [0.2, 0.25) is 5.95 Å². The largest absolute Gasteiger partial charge is 0.417 e. The summed E-state index contributed by atoms with van der Waals surface area (Å²) in [6, 6.07) is 4.44. The summed E-state index contributed by atoms with van der Waals surface area (Å²) in [4.78, 5) is 30.9. The third kappa shape index (κ3) is 6.78. The molecule has 1 atom stereocenters. The maximum absolute atomic E-state index is 15.0. The van der Waals surface area contributed by atoms with E-state index in [1.807, 2.05) is 5.43 Å². The van der Waals surface area contributed by atoms with E-state index >= 15 is 0 Å². The molecule has 1 aromatic heterocycles. The van der Waals surface area contributed by atoms with Crippen molar-refractivity contribution in [3.05, 3.63) is 92.7 Å². The summed E-state index contributed by atoms with van der Waals surface area (Å²) in [5.41, 5.74) is -0.398. The highest BCUT2D eigenvalue weighted by Gasteiger charge is 2.41. The fourth-order valence-corrected chi connectivity index (χ4v) is 3.58. The predicted molar refractivity (Wildman–Crippen MR) is 124 cm³/mol. The summed E-state index contributed by atoms with van der Waals surface area (Å²) < 4.78 is 97.4. The Hall–Kier alpha value is -3.71. The summed E-state index contributed by atoms with van der Waals surface area (Å²) in [6.07, 6.45) is -7.57. The lowest BCUT2D eigenvalue weighted by Crippen LogP contribution is -2.32. The van der Waals surface area contributed by atoms with Gasteiger partial charge in [-0.2, -0.15) is 26.3 Å². The van der Waals surface area contributed by atoms with E-state index in [9.17, 15) is 40.3 Å². The van der Waals surface area contributed by atoms with Crippen LogP contribution in [0.3, 0.4) is 0 Å². The Bertz CT molecular complexity index is 1380. The van der Waals surface area contributed by atoms with Crippen LogP contribution in [0.4, 0.5) is 36.7 Å². The first-order valence-electron chi connectivity index (χ1n) is 10.2. The van der Waals surface area contributed by atoms with Gasteiger partial charge in [-0.05, 0) is 42.0 Å². The molecule has 0 bridgehead atoms. The molecule has 0 aliphatic heterocycles. The molecule has 0 saturated carbocycles. The van der Waals surface area contributed by atoms with Crippen LogP contribution in [0.15, 0.2) is 54.9 Å². The van der Waals surface area contributed by atoms with E-state index < -0.39 is 62.8 Å². The SMILES string of the molecule is O=Cc1cc(C(/C=C(\F)c2ccc(C(=O)NNc3ncccn3)c(C(F)(F)F)c2)C(F)(F)F)cc(Cl)c1Cl. The topological polar surface area (TPSA) is 84.0 Å². The zero-order valence-electron chi connectivity index (χ0n) is 18.5. The quantitative estimate of drug-likeness (QED) is 0.178. The number of carbonyl (C=O) groups excluding carboxylic acids is 2. The van der Waals surface area contributed by atoms with Gasteiger partial charge in [-0.15, -0.1) is 0 Å². The van der Waals surface area contributed by atoms with Crippen LogP contribution in [-0.2, 0) is 6.18 Å². The summed E-state index contributed by atoms with van der Waals surface area (Å²) >= 11 is 11.5. The Morgan fingerprint density at radius 1 is 1.00 bits per heavy atom. The van der Waals surface area contributed by atoms with Gasteiger partial charge in [0.15, 0.2) is 6.29 Å². The van der Waals surface area contributed by atoms with Crippen molar-refractivity contribution in [1.82, 2.24) is 15.4 Å². The predicted octanol–water partition coefficient (Wildman–Crippen LogP) is 7.03. The first-order chi connectivity index (χ1) is 17.7. The Kier molecular flexibility index (Phi) is 8.62. The van der Waals surface area contributed by atoms with Gasteiger partial charge in [0.1, 0.15) is 11.7 Å². The van der Waals surface area contributed by atoms with Gasteiger partial charge in [0, 0.05) is 23.5 Å². The summed E-state index contributed by atoms with van der Waals surface area (Å²) in [6.45, 7) is 0. The molecule has 0 aliphatic rings. The molecule has 1 unspecified atom stereocenters. The lowest BCUT2D eigenvalue weighted by Gasteiger charge is -2.19. The van der Waals surface area contributed by atoms with E-state index in [-0.39, 0.29) is 29.4 Å². The molecule has 1 amide bonds. The zero-order chi connectivity index (χ0) is 28.3. The minimum Gasteiger partial charge on any atom is -0.298 e. The number of hydrazine groups is 1. The average molecular weight is 581 g/mol. The highest BCUT2D eigenvalue weighted by molar-refractivity contribution is 6.43. The van der Waals surface area contributed by atoms with Crippen molar-refractivity contribution in [2.45, 2.75) is 18.3 Å². The van der Waals surface area contributed by atoms with Crippen molar-refractivity contribution >= 4 is 47.2 Å². The number of hydrogen-bond acceptors (Lipinski definition) is 5. The minimum absolute atomic E-state index is 0.0255. The number of amides is 1. The molecule has 0 saturated heterocycles. The van der Waals surface area contributed by atoms with Crippen LogP contribution < -0.4 is 10.9 Å². The number of aldehydes is 1. The fourth-order valence-electron chi connectivity index (χ4n) is 3.19. The van der Waals surface area contributed by atoms with Gasteiger partial charge < -0.3 is 0 Å². The van der Waals surface area contributed by atoms with Crippen LogP contribution in [0.2, 0.25) is 10.0 Å².